The van der Waals surface area contributed by atoms with Gasteiger partial charge in [-0.2, -0.15) is 22.3 Å². The van der Waals surface area contributed by atoms with Gasteiger partial charge < -0.3 is 4.90 Å². The van der Waals surface area contributed by atoms with Gasteiger partial charge >= 0.3 is 5.13 Å². The summed E-state index contributed by atoms with van der Waals surface area (Å²) in [7, 11) is -8.58. The molecule has 0 fully saturated rings. The number of rotatable bonds is 7. The fourth-order valence-electron chi connectivity index (χ4n) is 3.50. The summed E-state index contributed by atoms with van der Waals surface area (Å²) in [5, 5.41) is 0.737. The number of aromatic nitrogens is 1. The van der Waals surface area contributed by atoms with Crippen LogP contribution in [0.4, 0.5) is 10.8 Å². The maximum Gasteiger partial charge on any atom is 0.353 e. The highest BCUT2D eigenvalue weighted by Gasteiger charge is 2.32. The second-order valence-electron chi connectivity index (χ2n) is 6.89. The normalized spacial score (nSPS) is 16.5. The summed E-state index contributed by atoms with van der Waals surface area (Å²) in [4.78, 5) is 2.44. The molecular weight excluding hydrogens is 496 g/mol. The average Bonchev–Trinajstić information content (AvgIpc) is 3.26. The molecule has 4 rings (SSSR count). The number of hydrazine groups is 1. The lowest BCUT2D eigenvalue weighted by Crippen LogP contribution is -2.46. The van der Waals surface area contributed by atoms with Crippen LogP contribution >= 0.6 is 23.1 Å². The van der Waals surface area contributed by atoms with Gasteiger partial charge in [-0.25, -0.2) is 4.57 Å². The van der Waals surface area contributed by atoms with Crippen molar-refractivity contribution in [2.75, 3.05) is 16.9 Å². The summed E-state index contributed by atoms with van der Waals surface area (Å²) in [6, 6.07) is 8.93. The van der Waals surface area contributed by atoms with E-state index in [9.17, 15) is 25.9 Å². The Balaban J connectivity index is 1.60. The van der Waals surface area contributed by atoms with Crippen LogP contribution in [0.3, 0.4) is 0 Å². The van der Waals surface area contributed by atoms with Crippen molar-refractivity contribution in [2.45, 2.75) is 40.6 Å². The zero-order valence-corrected chi connectivity index (χ0v) is 20.3. The van der Waals surface area contributed by atoms with Gasteiger partial charge in [0.05, 0.1) is 26.7 Å². The van der Waals surface area contributed by atoms with E-state index in [0.717, 1.165) is 21.2 Å². The molecule has 0 radical (unpaired) electrons. The molecule has 0 aliphatic carbocycles. The van der Waals surface area contributed by atoms with E-state index >= 15 is 0 Å². The molecule has 1 atom stereocenters. The molecule has 1 aliphatic heterocycles. The van der Waals surface area contributed by atoms with Crippen LogP contribution in [0.2, 0.25) is 0 Å². The molecule has 32 heavy (non-hydrogen) atoms. The molecule has 0 spiro atoms. The van der Waals surface area contributed by atoms with Crippen molar-refractivity contribution in [3.63, 3.8) is 0 Å². The molecule has 2 aromatic carbocycles. The quantitative estimate of drug-likeness (QED) is 0.210. The number of thiazole rings is 1. The fraction of sp³-hybridized carbons (Fsp3) is 0.278. The van der Waals surface area contributed by atoms with Gasteiger partial charge in [0.2, 0.25) is 0 Å². The SMILES string of the molecule is CCN1c2ccc(S(=O)(=O)O)cc2SC1NNc1sc2cc(S(=O)(=O)O)ccc2[n+]1CC. The van der Waals surface area contributed by atoms with Gasteiger partial charge in [-0.1, -0.05) is 11.8 Å². The first kappa shape index (κ1) is 23.2. The Labute approximate surface area is 193 Å². The topological polar surface area (TPSA) is 140 Å². The number of hydrogen-bond acceptors (Lipinski definition) is 9. The van der Waals surface area contributed by atoms with Gasteiger partial charge in [0.1, 0.15) is 5.52 Å². The Hall–Kier alpha value is -1.94. The zero-order chi connectivity index (χ0) is 23.3. The highest BCUT2D eigenvalue weighted by atomic mass is 32.2. The molecule has 2 heterocycles. The van der Waals surface area contributed by atoms with E-state index in [1.54, 1.807) is 12.1 Å². The largest absolute Gasteiger partial charge is 0.353 e. The first-order valence-electron chi connectivity index (χ1n) is 9.53. The van der Waals surface area contributed by atoms with Crippen LogP contribution in [0.5, 0.6) is 0 Å². The van der Waals surface area contributed by atoms with Gasteiger partial charge in [0, 0.05) is 11.4 Å². The minimum atomic E-state index is -4.29. The predicted molar refractivity (Wildman–Crippen MR) is 123 cm³/mol. The fourth-order valence-corrected chi connectivity index (χ4v) is 7.04. The van der Waals surface area contributed by atoms with Gasteiger partial charge in [-0.15, -0.1) is 5.43 Å². The van der Waals surface area contributed by atoms with Crippen LogP contribution in [0.25, 0.3) is 10.2 Å². The van der Waals surface area contributed by atoms with Gasteiger partial charge in [-0.3, -0.25) is 9.11 Å². The molecular formula is C18H21N4O6S4+. The second kappa shape index (κ2) is 8.44. The van der Waals surface area contributed by atoms with E-state index in [4.69, 9.17) is 0 Å². The van der Waals surface area contributed by atoms with Crippen LogP contribution in [0.1, 0.15) is 13.8 Å². The molecule has 3 aromatic rings. The minimum absolute atomic E-state index is 0.156. The Morgan fingerprint density at radius 3 is 2.31 bits per heavy atom. The van der Waals surface area contributed by atoms with E-state index in [1.165, 1.54) is 47.4 Å². The average molecular weight is 518 g/mol. The van der Waals surface area contributed by atoms with Crippen LogP contribution in [0, 0.1) is 0 Å². The summed E-state index contributed by atoms with van der Waals surface area (Å²) in [6.45, 7) is 5.22. The summed E-state index contributed by atoms with van der Waals surface area (Å²) >= 11 is 2.74. The molecule has 1 aromatic heterocycles. The van der Waals surface area contributed by atoms with E-state index in [1.807, 2.05) is 23.3 Å². The lowest BCUT2D eigenvalue weighted by molar-refractivity contribution is -0.650. The molecule has 172 valence electrons. The first-order valence-corrected chi connectivity index (χ1v) is 14.1. The predicted octanol–water partition coefficient (Wildman–Crippen LogP) is 2.53. The van der Waals surface area contributed by atoms with Crippen molar-refractivity contribution in [1.29, 1.82) is 0 Å². The number of anilines is 2. The Kier molecular flexibility index (Phi) is 6.13. The van der Waals surface area contributed by atoms with Crippen LogP contribution < -0.4 is 20.3 Å². The number of hydrogen-bond donors (Lipinski definition) is 4. The highest BCUT2D eigenvalue weighted by Crippen LogP contribution is 2.43. The van der Waals surface area contributed by atoms with Crippen LogP contribution in [0.15, 0.2) is 51.1 Å². The van der Waals surface area contributed by atoms with Crippen LogP contribution in [-0.4, -0.2) is 38.0 Å². The standard InChI is InChI=1S/C18H20N4O6S4/c1-3-21-13-7-5-11(31(23,24)25)9-15(13)29-17(21)19-20-18-22(4-2)14-8-6-12(32(26,27)28)10-16(14)30-18/h5-10,17,19H,3-4H2,1-2H3,(H2,23,24,25,26,27,28)/p+1. The van der Waals surface area contributed by atoms with E-state index < -0.39 is 20.2 Å². The molecule has 0 saturated carbocycles. The summed E-state index contributed by atoms with van der Waals surface area (Å²) in [5.41, 5.74) is 7.84. The Morgan fingerprint density at radius 1 is 1.03 bits per heavy atom. The third-order valence-electron chi connectivity index (χ3n) is 4.99. The van der Waals surface area contributed by atoms with Gasteiger partial charge in [0.25, 0.3) is 20.2 Å². The molecule has 1 aliphatic rings. The third-order valence-corrected chi connectivity index (χ3v) is 8.93. The summed E-state index contributed by atoms with van der Waals surface area (Å²) < 4.78 is 67.2. The lowest BCUT2D eigenvalue weighted by Gasteiger charge is -2.23. The van der Waals surface area contributed by atoms with E-state index in [0.29, 0.717) is 17.8 Å². The monoisotopic (exact) mass is 517 g/mol. The highest BCUT2D eigenvalue weighted by molar-refractivity contribution is 8.00. The van der Waals surface area contributed by atoms with Crippen molar-refractivity contribution >= 4 is 64.4 Å². The van der Waals surface area contributed by atoms with Gasteiger partial charge in [-0.05, 0) is 61.6 Å². The number of nitrogens with zero attached hydrogens (tertiary/aromatic N) is 2. The molecule has 4 N–H and O–H groups in total. The summed E-state index contributed by atoms with van der Waals surface area (Å²) in [5.74, 6) is 0. The molecule has 10 nitrogen and oxygen atoms in total. The smallest absolute Gasteiger partial charge is 0.344 e. The Bertz CT molecular complexity index is 1400. The first-order chi connectivity index (χ1) is 15.0. The molecule has 14 heteroatoms. The molecule has 0 bridgehead atoms. The second-order valence-corrected chi connectivity index (χ2v) is 11.9. The maximum absolute atomic E-state index is 11.5. The molecule has 0 saturated heterocycles. The van der Waals surface area contributed by atoms with Crippen molar-refractivity contribution in [3.8, 4) is 0 Å². The van der Waals surface area contributed by atoms with E-state index in [-0.39, 0.29) is 15.3 Å². The molecule has 0 amide bonds. The number of benzene rings is 2. The number of nitrogens with one attached hydrogen (secondary N) is 2. The van der Waals surface area contributed by atoms with Crippen molar-refractivity contribution in [2.24, 2.45) is 0 Å². The van der Waals surface area contributed by atoms with Crippen molar-refractivity contribution in [1.82, 2.24) is 5.43 Å². The van der Waals surface area contributed by atoms with E-state index in [2.05, 4.69) is 10.9 Å². The van der Waals surface area contributed by atoms with Crippen molar-refractivity contribution < 1.29 is 30.5 Å². The zero-order valence-electron chi connectivity index (χ0n) is 17.0. The third kappa shape index (κ3) is 4.31. The lowest BCUT2D eigenvalue weighted by atomic mass is 10.3. The maximum atomic E-state index is 11.5. The minimum Gasteiger partial charge on any atom is -0.344 e. The molecule has 1 unspecified atom stereocenters. The number of thioether (sulfide) groups is 1. The van der Waals surface area contributed by atoms with Crippen LogP contribution in [-0.2, 0) is 26.8 Å². The van der Waals surface area contributed by atoms with Crippen molar-refractivity contribution in [3.05, 3.63) is 36.4 Å². The summed E-state index contributed by atoms with van der Waals surface area (Å²) in [6.07, 6.45) is 0. The number of fused-ring (bicyclic) bond motifs is 2. The number of aryl methyl sites for hydroxylation is 1. The Morgan fingerprint density at radius 2 is 1.69 bits per heavy atom. The van der Waals surface area contributed by atoms with Gasteiger partial charge in [0.15, 0.2) is 5.50 Å².